The van der Waals surface area contributed by atoms with Crippen molar-refractivity contribution in [2.75, 3.05) is 0 Å². The Hall–Kier alpha value is 0.730. The van der Waals surface area contributed by atoms with Gasteiger partial charge in [0.05, 0.1) is 0 Å². The van der Waals surface area contributed by atoms with Crippen LogP contribution in [0.1, 0.15) is 20.3 Å². The highest BCUT2D eigenvalue weighted by atomic mass is 79.9. The molecule has 0 aromatic carbocycles. The Labute approximate surface area is 63.2 Å². The fourth-order valence-corrected chi connectivity index (χ4v) is 1.49. The molecule has 0 aromatic heterocycles. The maximum atomic E-state index is 9.02. The van der Waals surface area contributed by atoms with Crippen molar-refractivity contribution in [1.82, 2.24) is 0 Å². The Bertz CT molecular complexity index is 67.3. The lowest BCUT2D eigenvalue weighted by Crippen LogP contribution is -2.17. The molecule has 0 amide bonds. The van der Waals surface area contributed by atoms with Crippen LogP contribution in [0.4, 0.5) is 0 Å². The predicted octanol–water partition coefficient (Wildman–Crippen LogP) is 2.11. The molecule has 0 saturated heterocycles. The van der Waals surface area contributed by atoms with Crippen molar-refractivity contribution < 1.29 is 5.11 Å². The largest absolute Gasteiger partial charge is 0.379 e. The summed E-state index contributed by atoms with van der Waals surface area (Å²) in [6.07, 6.45) is 0.564. The van der Waals surface area contributed by atoms with E-state index in [-0.39, 0.29) is 5.38 Å². The topological polar surface area (TPSA) is 20.2 Å². The van der Waals surface area contributed by atoms with Crippen LogP contribution in [0.2, 0.25) is 0 Å². The van der Waals surface area contributed by atoms with E-state index in [1.54, 1.807) is 6.92 Å². The van der Waals surface area contributed by atoms with Gasteiger partial charge in [-0.05, 0) is 13.8 Å². The number of hydrogen-bond acceptors (Lipinski definition) is 1. The standard InChI is InChI=1S/C5H10BrClO/c1-4(7)3-5(2,6)8/h4,8H,3H2,1-2H3. The molecule has 3 heteroatoms. The SMILES string of the molecule is CC(Cl)CC(C)(O)Br. The Morgan fingerprint density at radius 1 is 1.88 bits per heavy atom. The van der Waals surface area contributed by atoms with Crippen molar-refractivity contribution >= 4 is 27.5 Å². The quantitative estimate of drug-likeness (QED) is 0.679. The minimum absolute atomic E-state index is 0.0179. The smallest absolute Gasteiger partial charge is 0.118 e. The van der Waals surface area contributed by atoms with Crippen LogP contribution in [-0.4, -0.2) is 15.0 Å². The van der Waals surface area contributed by atoms with E-state index in [1.165, 1.54) is 0 Å². The molecule has 2 unspecified atom stereocenters. The molecule has 0 spiro atoms. The molecule has 1 N–H and O–H groups in total. The molecule has 0 fully saturated rings. The van der Waals surface area contributed by atoms with Crippen molar-refractivity contribution in [3.8, 4) is 0 Å². The summed E-state index contributed by atoms with van der Waals surface area (Å²) in [4.78, 5) is 0. The second-order valence-electron chi connectivity index (χ2n) is 2.13. The zero-order chi connectivity index (χ0) is 6.78. The number of aliphatic hydroxyl groups is 1. The first-order valence-corrected chi connectivity index (χ1v) is 3.70. The van der Waals surface area contributed by atoms with Crippen LogP contribution in [0.5, 0.6) is 0 Å². The van der Waals surface area contributed by atoms with Gasteiger partial charge in [0.1, 0.15) is 4.51 Å². The van der Waals surface area contributed by atoms with Crippen molar-refractivity contribution in [2.45, 2.75) is 30.2 Å². The lowest BCUT2D eigenvalue weighted by Gasteiger charge is -2.15. The van der Waals surface area contributed by atoms with E-state index in [9.17, 15) is 0 Å². The van der Waals surface area contributed by atoms with Gasteiger partial charge in [-0.15, -0.1) is 11.6 Å². The molecule has 0 radical (unpaired) electrons. The van der Waals surface area contributed by atoms with E-state index in [0.29, 0.717) is 6.42 Å². The molecule has 0 bridgehead atoms. The van der Waals surface area contributed by atoms with E-state index in [4.69, 9.17) is 16.7 Å². The molecule has 0 heterocycles. The predicted molar refractivity (Wildman–Crippen MR) is 39.5 cm³/mol. The minimum Gasteiger partial charge on any atom is -0.379 e. The van der Waals surface area contributed by atoms with Crippen molar-refractivity contribution in [3.05, 3.63) is 0 Å². The van der Waals surface area contributed by atoms with E-state index in [2.05, 4.69) is 15.9 Å². The van der Waals surface area contributed by atoms with Gasteiger partial charge in [0.2, 0.25) is 0 Å². The zero-order valence-corrected chi connectivity index (χ0v) is 7.33. The summed E-state index contributed by atoms with van der Waals surface area (Å²) in [6.45, 7) is 3.52. The van der Waals surface area contributed by atoms with Gasteiger partial charge >= 0.3 is 0 Å². The molecule has 0 aliphatic heterocycles. The van der Waals surface area contributed by atoms with Gasteiger partial charge in [0.25, 0.3) is 0 Å². The summed E-state index contributed by atoms with van der Waals surface area (Å²) < 4.78 is -0.797. The summed E-state index contributed by atoms with van der Waals surface area (Å²) in [5.74, 6) is 0. The van der Waals surface area contributed by atoms with Crippen LogP contribution in [0.15, 0.2) is 0 Å². The Morgan fingerprint density at radius 3 is 2.25 bits per heavy atom. The van der Waals surface area contributed by atoms with Crippen LogP contribution in [0, 0.1) is 0 Å². The highest BCUT2D eigenvalue weighted by Gasteiger charge is 2.16. The summed E-state index contributed by atoms with van der Waals surface area (Å²) in [6, 6.07) is 0. The second-order valence-corrected chi connectivity index (χ2v) is 4.58. The van der Waals surface area contributed by atoms with Crippen LogP contribution >= 0.6 is 27.5 Å². The van der Waals surface area contributed by atoms with Gasteiger partial charge in [-0.2, -0.15) is 0 Å². The monoisotopic (exact) mass is 200 g/mol. The number of alkyl halides is 2. The van der Waals surface area contributed by atoms with Crippen molar-refractivity contribution in [2.24, 2.45) is 0 Å². The van der Waals surface area contributed by atoms with E-state index in [1.807, 2.05) is 6.92 Å². The lowest BCUT2D eigenvalue weighted by atomic mass is 10.2. The van der Waals surface area contributed by atoms with Crippen molar-refractivity contribution in [1.29, 1.82) is 0 Å². The molecule has 0 aliphatic carbocycles. The molecular weight excluding hydrogens is 191 g/mol. The van der Waals surface area contributed by atoms with Gasteiger partial charge in [0, 0.05) is 11.8 Å². The highest BCUT2D eigenvalue weighted by Crippen LogP contribution is 2.21. The molecule has 1 nitrogen and oxygen atoms in total. The third-order valence-corrected chi connectivity index (χ3v) is 1.13. The number of rotatable bonds is 2. The van der Waals surface area contributed by atoms with E-state index >= 15 is 0 Å². The van der Waals surface area contributed by atoms with Gasteiger partial charge < -0.3 is 5.11 Å². The van der Waals surface area contributed by atoms with Gasteiger partial charge in [-0.1, -0.05) is 15.9 Å². The second kappa shape index (κ2) is 3.04. The zero-order valence-electron chi connectivity index (χ0n) is 4.99. The van der Waals surface area contributed by atoms with Crippen LogP contribution < -0.4 is 0 Å². The van der Waals surface area contributed by atoms with E-state index in [0.717, 1.165) is 0 Å². The summed E-state index contributed by atoms with van der Waals surface area (Å²) in [5, 5.41) is 9.04. The summed E-state index contributed by atoms with van der Waals surface area (Å²) >= 11 is 8.62. The summed E-state index contributed by atoms with van der Waals surface area (Å²) in [7, 11) is 0. The number of halogens is 2. The normalized spacial score (nSPS) is 22.1. The molecule has 8 heavy (non-hydrogen) atoms. The fraction of sp³-hybridized carbons (Fsp3) is 1.00. The highest BCUT2D eigenvalue weighted by molar-refractivity contribution is 9.10. The first-order valence-electron chi connectivity index (χ1n) is 2.47. The average Bonchev–Trinajstić information content (AvgIpc) is 1.21. The third-order valence-electron chi connectivity index (χ3n) is 0.654. The molecule has 0 aromatic rings. The fourth-order valence-electron chi connectivity index (χ4n) is 0.513. The molecular formula is C5H10BrClO. The van der Waals surface area contributed by atoms with Gasteiger partial charge in [-0.3, -0.25) is 0 Å². The molecule has 0 aliphatic rings. The molecule has 0 saturated carbocycles. The Morgan fingerprint density at radius 2 is 2.25 bits per heavy atom. The first-order chi connectivity index (χ1) is 3.42. The van der Waals surface area contributed by atoms with Crippen LogP contribution in [-0.2, 0) is 0 Å². The maximum absolute atomic E-state index is 9.02. The molecule has 2 atom stereocenters. The maximum Gasteiger partial charge on any atom is 0.118 e. The third kappa shape index (κ3) is 6.73. The van der Waals surface area contributed by atoms with Crippen LogP contribution in [0.3, 0.4) is 0 Å². The first kappa shape index (κ1) is 8.73. The van der Waals surface area contributed by atoms with Crippen molar-refractivity contribution in [3.63, 3.8) is 0 Å². The van der Waals surface area contributed by atoms with Crippen LogP contribution in [0.25, 0.3) is 0 Å². The van der Waals surface area contributed by atoms with Gasteiger partial charge in [-0.25, -0.2) is 0 Å². The Balaban J connectivity index is 3.39. The van der Waals surface area contributed by atoms with Gasteiger partial charge in [0.15, 0.2) is 0 Å². The summed E-state index contributed by atoms with van der Waals surface area (Å²) in [5.41, 5.74) is 0. The average molecular weight is 201 g/mol. The Kier molecular flexibility index (Phi) is 3.32. The number of hydrogen-bond donors (Lipinski definition) is 1. The van der Waals surface area contributed by atoms with E-state index < -0.39 is 4.51 Å². The molecule has 50 valence electrons. The minimum atomic E-state index is -0.797. The lowest BCUT2D eigenvalue weighted by molar-refractivity contribution is 0.155. The molecule has 0 rings (SSSR count).